The third-order valence-electron chi connectivity index (χ3n) is 6.16. The molecular weight excluding hydrogens is 367 g/mol. The van der Waals surface area contributed by atoms with E-state index in [4.69, 9.17) is 0 Å². The van der Waals surface area contributed by atoms with Crippen molar-refractivity contribution in [2.75, 3.05) is 26.2 Å². The largest absolute Gasteiger partial charge is 0.339 e. The summed E-state index contributed by atoms with van der Waals surface area (Å²) in [5.41, 5.74) is 0.211. The Balaban J connectivity index is 1.60. The second kappa shape index (κ2) is 8.95. The highest BCUT2D eigenvalue weighted by atomic mass is 19.1. The second-order valence-corrected chi connectivity index (χ2v) is 10.1. The SMILES string of the molecule is CC1CCCN(C2CCN(C(=O)c3ccc(C(=O)CC(C)(C)C)c(F)c3)CC2)C1. The summed E-state index contributed by atoms with van der Waals surface area (Å²) in [7, 11) is 0. The maximum Gasteiger partial charge on any atom is 0.253 e. The van der Waals surface area contributed by atoms with Gasteiger partial charge in [-0.1, -0.05) is 27.7 Å². The van der Waals surface area contributed by atoms with Crippen LogP contribution in [0.1, 0.15) is 80.5 Å². The van der Waals surface area contributed by atoms with Gasteiger partial charge in [0.1, 0.15) is 5.82 Å². The third-order valence-corrected chi connectivity index (χ3v) is 6.16. The van der Waals surface area contributed by atoms with Gasteiger partial charge in [0.05, 0.1) is 5.56 Å². The molecule has 2 heterocycles. The molecular formula is C24H35FN2O2. The van der Waals surface area contributed by atoms with Crippen LogP contribution in [0.25, 0.3) is 0 Å². The molecule has 1 amide bonds. The van der Waals surface area contributed by atoms with Crippen LogP contribution in [0.15, 0.2) is 18.2 Å². The molecule has 160 valence electrons. The number of amides is 1. The highest BCUT2D eigenvalue weighted by Gasteiger charge is 2.30. The summed E-state index contributed by atoms with van der Waals surface area (Å²) in [5.74, 6) is -0.192. The molecule has 1 atom stereocenters. The number of carbonyl (C=O) groups is 2. The lowest BCUT2D eigenvalue weighted by Gasteiger charge is -2.41. The van der Waals surface area contributed by atoms with Gasteiger partial charge in [0, 0.05) is 37.7 Å². The molecule has 1 aromatic carbocycles. The zero-order chi connectivity index (χ0) is 21.2. The molecule has 2 aliphatic rings. The predicted molar refractivity (Wildman–Crippen MR) is 114 cm³/mol. The zero-order valence-corrected chi connectivity index (χ0v) is 18.3. The molecule has 0 radical (unpaired) electrons. The van der Waals surface area contributed by atoms with Crippen LogP contribution in [0, 0.1) is 17.2 Å². The maximum atomic E-state index is 14.5. The van der Waals surface area contributed by atoms with Crippen LogP contribution in [-0.2, 0) is 0 Å². The van der Waals surface area contributed by atoms with Crippen molar-refractivity contribution >= 4 is 11.7 Å². The normalized spacial score (nSPS) is 22.0. The number of ketones is 1. The topological polar surface area (TPSA) is 40.6 Å². The Bertz CT molecular complexity index is 748. The van der Waals surface area contributed by atoms with Crippen LogP contribution >= 0.6 is 0 Å². The van der Waals surface area contributed by atoms with Gasteiger partial charge in [0.2, 0.25) is 0 Å². The number of nitrogens with zero attached hydrogens (tertiary/aromatic N) is 2. The minimum absolute atomic E-state index is 0.0781. The Kier molecular flexibility index (Phi) is 6.77. The van der Waals surface area contributed by atoms with E-state index in [2.05, 4.69) is 11.8 Å². The van der Waals surface area contributed by atoms with E-state index in [1.54, 1.807) is 6.07 Å². The average Bonchev–Trinajstić information content (AvgIpc) is 2.66. The molecule has 0 aliphatic carbocycles. The molecule has 4 nitrogen and oxygen atoms in total. The molecule has 0 aromatic heterocycles. The Morgan fingerprint density at radius 1 is 1.10 bits per heavy atom. The van der Waals surface area contributed by atoms with Crippen molar-refractivity contribution in [2.45, 2.75) is 65.8 Å². The molecule has 2 aliphatic heterocycles. The summed E-state index contributed by atoms with van der Waals surface area (Å²) in [6, 6.07) is 4.85. The molecule has 3 rings (SSSR count). The van der Waals surface area contributed by atoms with Gasteiger partial charge in [0.25, 0.3) is 5.91 Å². The van der Waals surface area contributed by atoms with Crippen molar-refractivity contribution in [3.63, 3.8) is 0 Å². The number of hydrogen-bond acceptors (Lipinski definition) is 3. The summed E-state index contributed by atoms with van der Waals surface area (Å²) in [4.78, 5) is 29.6. The molecule has 0 bridgehead atoms. The first-order valence-corrected chi connectivity index (χ1v) is 11.0. The number of hydrogen-bond donors (Lipinski definition) is 0. The van der Waals surface area contributed by atoms with Crippen LogP contribution in [-0.4, -0.2) is 53.7 Å². The van der Waals surface area contributed by atoms with Crippen LogP contribution in [0.4, 0.5) is 4.39 Å². The van der Waals surface area contributed by atoms with E-state index in [1.807, 2.05) is 25.7 Å². The van der Waals surface area contributed by atoms with Crippen molar-refractivity contribution in [3.8, 4) is 0 Å². The van der Waals surface area contributed by atoms with Gasteiger partial charge < -0.3 is 4.90 Å². The van der Waals surface area contributed by atoms with Crippen LogP contribution in [0.2, 0.25) is 0 Å². The number of benzene rings is 1. The predicted octanol–water partition coefficient (Wildman–Crippen LogP) is 4.78. The van der Waals surface area contributed by atoms with Crippen LogP contribution in [0.3, 0.4) is 0 Å². The second-order valence-electron chi connectivity index (χ2n) is 10.1. The fourth-order valence-corrected chi connectivity index (χ4v) is 4.63. The number of Topliss-reactive ketones (excluding diaryl/α,β-unsaturated/α-hetero) is 1. The van der Waals surface area contributed by atoms with Gasteiger partial charge in [0.15, 0.2) is 5.78 Å². The maximum absolute atomic E-state index is 14.5. The van der Waals surface area contributed by atoms with Crippen LogP contribution in [0.5, 0.6) is 0 Å². The number of rotatable bonds is 4. The Morgan fingerprint density at radius 3 is 2.38 bits per heavy atom. The van der Waals surface area contributed by atoms with E-state index in [9.17, 15) is 14.0 Å². The number of likely N-dealkylation sites (tertiary alicyclic amines) is 2. The summed E-state index contributed by atoms with van der Waals surface area (Å²) in [6.45, 7) is 11.9. The molecule has 1 unspecified atom stereocenters. The number of piperidine rings is 2. The number of halogens is 1. The fraction of sp³-hybridized carbons (Fsp3) is 0.667. The molecule has 2 fully saturated rings. The summed E-state index contributed by atoms with van der Waals surface area (Å²) in [5, 5.41) is 0. The molecule has 5 heteroatoms. The highest BCUT2D eigenvalue weighted by Crippen LogP contribution is 2.26. The standard InChI is InChI=1S/C24H35FN2O2/c1-17-6-5-11-27(16-17)19-9-12-26(13-10-19)23(29)18-7-8-20(21(25)14-18)22(28)15-24(2,3)4/h7-8,14,17,19H,5-6,9-13,15-16H2,1-4H3. The molecule has 0 saturated carbocycles. The summed E-state index contributed by atoms with van der Waals surface area (Å²) in [6.07, 6.45) is 4.81. The van der Waals surface area contributed by atoms with Crippen LogP contribution < -0.4 is 0 Å². The van der Waals surface area contributed by atoms with Gasteiger partial charge in [-0.25, -0.2) is 4.39 Å². The summed E-state index contributed by atoms with van der Waals surface area (Å²) < 4.78 is 14.5. The third kappa shape index (κ3) is 5.65. The van der Waals surface area contributed by atoms with Gasteiger partial charge in [-0.3, -0.25) is 14.5 Å². The Morgan fingerprint density at radius 2 is 1.79 bits per heavy atom. The van der Waals surface area contributed by atoms with Crippen molar-refractivity contribution in [3.05, 3.63) is 35.1 Å². The molecule has 0 spiro atoms. The van der Waals surface area contributed by atoms with Gasteiger partial charge >= 0.3 is 0 Å². The monoisotopic (exact) mass is 402 g/mol. The molecule has 29 heavy (non-hydrogen) atoms. The van der Waals surface area contributed by atoms with Crippen molar-refractivity contribution in [1.29, 1.82) is 0 Å². The minimum Gasteiger partial charge on any atom is -0.339 e. The lowest BCUT2D eigenvalue weighted by atomic mass is 9.87. The van der Waals surface area contributed by atoms with E-state index in [1.165, 1.54) is 25.0 Å². The first-order valence-electron chi connectivity index (χ1n) is 11.0. The zero-order valence-electron chi connectivity index (χ0n) is 18.3. The lowest BCUT2D eigenvalue weighted by Crippen LogP contribution is -2.49. The molecule has 1 aromatic rings. The highest BCUT2D eigenvalue weighted by molar-refractivity contribution is 5.99. The summed E-state index contributed by atoms with van der Waals surface area (Å²) >= 11 is 0. The van der Waals surface area contributed by atoms with E-state index in [0.717, 1.165) is 31.8 Å². The van der Waals surface area contributed by atoms with Gasteiger partial charge in [-0.15, -0.1) is 0 Å². The van der Waals surface area contributed by atoms with Crippen molar-refractivity contribution in [1.82, 2.24) is 9.80 Å². The van der Waals surface area contributed by atoms with E-state index >= 15 is 0 Å². The molecule has 2 saturated heterocycles. The van der Waals surface area contributed by atoms with Gasteiger partial charge in [-0.2, -0.15) is 0 Å². The lowest BCUT2D eigenvalue weighted by molar-refractivity contribution is 0.0541. The quantitative estimate of drug-likeness (QED) is 0.681. The number of carbonyl (C=O) groups excluding carboxylic acids is 2. The average molecular weight is 403 g/mol. The first-order chi connectivity index (χ1) is 13.6. The Hall–Kier alpha value is -1.75. The minimum atomic E-state index is -0.595. The smallest absolute Gasteiger partial charge is 0.253 e. The van der Waals surface area contributed by atoms with Crippen molar-refractivity contribution < 1.29 is 14.0 Å². The molecule has 0 N–H and O–H groups in total. The first kappa shape index (κ1) is 21.9. The van der Waals surface area contributed by atoms with Crippen molar-refractivity contribution in [2.24, 2.45) is 11.3 Å². The van der Waals surface area contributed by atoms with Gasteiger partial charge in [-0.05, 0) is 61.8 Å². The van der Waals surface area contributed by atoms with E-state index in [0.29, 0.717) is 24.7 Å². The Labute approximate surface area is 174 Å². The fourth-order valence-electron chi connectivity index (χ4n) is 4.63. The van der Waals surface area contributed by atoms with E-state index in [-0.39, 0.29) is 29.1 Å². The van der Waals surface area contributed by atoms with E-state index < -0.39 is 5.82 Å².